The van der Waals surface area contributed by atoms with E-state index in [2.05, 4.69) is 15.6 Å². The third kappa shape index (κ3) is 4.48. The van der Waals surface area contributed by atoms with Gasteiger partial charge in [-0.25, -0.2) is 9.78 Å². The van der Waals surface area contributed by atoms with Gasteiger partial charge in [-0.1, -0.05) is 6.92 Å². The number of aryl methyl sites for hydroxylation is 1. The number of carbonyl (C=O) groups excluding carboxylic acids is 3. The Hall–Kier alpha value is -2.68. The predicted molar refractivity (Wildman–Crippen MR) is 96.1 cm³/mol. The lowest BCUT2D eigenvalue weighted by Crippen LogP contribution is -2.52. The highest BCUT2D eigenvalue weighted by Gasteiger charge is 2.34. The standard InChI is InChI=1S/C17H21N3O5S/c1-5-17(3,15(23)24-4)20-13(21)8-11-9-26-16(18-11)19-14(22)12-6-7-25-10(12)2/h6-7,9H,5,8H2,1-4H3,(H,20,21)(H,18,19,22). The smallest absolute Gasteiger partial charge is 0.331 e. The maximum atomic E-state index is 12.2. The Balaban J connectivity index is 1.97. The van der Waals surface area contributed by atoms with Gasteiger partial charge in [0.15, 0.2) is 5.13 Å². The summed E-state index contributed by atoms with van der Waals surface area (Å²) in [7, 11) is 1.28. The number of carbonyl (C=O) groups is 3. The molecule has 0 bridgehead atoms. The van der Waals surface area contributed by atoms with Crippen LogP contribution < -0.4 is 10.6 Å². The molecule has 2 N–H and O–H groups in total. The van der Waals surface area contributed by atoms with Gasteiger partial charge < -0.3 is 14.5 Å². The quantitative estimate of drug-likeness (QED) is 0.714. The zero-order chi connectivity index (χ0) is 19.3. The Morgan fingerprint density at radius 1 is 1.38 bits per heavy atom. The van der Waals surface area contributed by atoms with Gasteiger partial charge in [0.05, 0.1) is 31.1 Å². The SMILES string of the molecule is CCC(C)(NC(=O)Cc1csc(NC(=O)c2ccoc2C)n1)C(=O)OC. The normalized spacial score (nSPS) is 12.9. The molecule has 0 fully saturated rings. The van der Waals surface area contributed by atoms with Gasteiger partial charge in [-0.15, -0.1) is 11.3 Å². The average molecular weight is 379 g/mol. The maximum Gasteiger partial charge on any atom is 0.331 e. The van der Waals surface area contributed by atoms with Crippen LogP contribution in [0.25, 0.3) is 0 Å². The summed E-state index contributed by atoms with van der Waals surface area (Å²) in [5, 5.41) is 7.40. The lowest BCUT2D eigenvalue weighted by molar-refractivity contribution is -0.150. The second-order valence-electron chi connectivity index (χ2n) is 5.89. The first-order chi connectivity index (χ1) is 12.3. The van der Waals surface area contributed by atoms with Gasteiger partial charge in [0.2, 0.25) is 5.91 Å². The fourth-order valence-corrected chi connectivity index (χ4v) is 2.96. The molecule has 8 nitrogen and oxygen atoms in total. The van der Waals surface area contributed by atoms with Gasteiger partial charge >= 0.3 is 5.97 Å². The first kappa shape index (κ1) is 19.6. The molecule has 0 aliphatic carbocycles. The lowest BCUT2D eigenvalue weighted by atomic mass is 9.99. The zero-order valence-electron chi connectivity index (χ0n) is 15.0. The molecular weight excluding hydrogens is 358 g/mol. The average Bonchev–Trinajstić information content (AvgIpc) is 3.22. The van der Waals surface area contributed by atoms with Crippen LogP contribution in [-0.2, 0) is 20.7 Å². The summed E-state index contributed by atoms with van der Waals surface area (Å²) in [4.78, 5) is 40.4. The summed E-state index contributed by atoms with van der Waals surface area (Å²) in [6, 6.07) is 1.57. The molecule has 0 aromatic carbocycles. The number of anilines is 1. The summed E-state index contributed by atoms with van der Waals surface area (Å²) >= 11 is 1.21. The summed E-state index contributed by atoms with van der Waals surface area (Å²) in [5.74, 6) is -0.671. The van der Waals surface area contributed by atoms with Crippen molar-refractivity contribution in [3.05, 3.63) is 34.7 Å². The van der Waals surface area contributed by atoms with Gasteiger partial charge in [-0.2, -0.15) is 0 Å². The first-order valence-corrected chi connectivity index (χ1v) is 8.86. The molecule has 140 valence electrons. The minimum Gasteiger partial charge on any atom is -0.469 e. The number of amides is 2. The minimum absolute atomic E-state index is 0.0102. The second-order valence-corrected chi connectivity index (χ2v) is 6.75. The van der Waals surface area contributed by atoms with Gasteiger partial charge in [-0.05, 0) is 26.3 Å². The highest BCUT2D eigenvalue weighted by atomic mass is 32.1. The molecule has 0 saturated carbocycles. The number of furan rings is 1. The van der Waals surface area contributed by atoms with E-state index in [1.54, 1.807) is 32.2 Å². The van der Waals surface area contributed by atoms with E-state index in [1.165, 1.54) is 24.7 Å². The molecule has 1 atom stereocenters. The van der Waals surface area contributed by atoms with Crippen LogP contribution in [0.1, 0.15) is 42.1 Å². The first-order valence-electron chi connectivity index (χ1n) is 7.98. The molecule has 2 rings (SSSR count). The molecule has 2 aromatic heterocycles. The zero-order valence-corrected chi connectivity index (χ0v) is 15.9. The Bertz CT molecular complexity index is 813. The number of aromatic nitrogens is 1. The highest BCUT2D eigenvalue weighted by molar-refractivity contribution is 7.14. The van der Waals surface area contributed by atoms with Crippen LogP contribution in [0.4, 0.5) is 5.13 Å². The maximum absolute atomic E-state index is 12.2. The fourth-order valence-electron chi connectivity index (χ4n) is 2.26. The molecule has 0 saturated heterocycles. The van der Waals surface area contributed by atoms with Crippen LogP contribution in [0.5, 0.6) is 0 Å². The van der Waals surface area contributed by atoms with Crippen LogP contribution in [0.2, 0.25) is 0 Å². The lowest BCUT2D eigenvalue weighted by Gasteiger charge is -2.26. The Kier molecular flexibility index (Phi) is 6.14. The van der Waals surface area contributed by atoms with Crippen LogP contribution >= 0.6 is 11.3 Å². The number of thiazole rings is 1. The highest BCUT2D eigenvalue weighted by Crippen LogP contribution is 2.19. The number of rotatable bonds is 7. The van der Waals surface area contributed by atoms with Crippen molar-refractivity contribution in [2.45, 2.75) is 39.2 Å². The summed E-state index contributed by atoms with van der Waals surface area (Å²) < 4.78 is 9.83. The van der Waals surface area contributed by atoms with Crippen molar-refractivity contribution in [1.29, 1.82) is 0 Å². The number of hydrogen-bond acceptors (Lipinski definition) is 7. The van der Waals surface area contributed by atoms with Crippen molar-refractivity contribution >= 4 is 34.3 Å². The largest absolute Gasteiger partial charge is 0.469 e. The van der Waals surface area contributed by atoms with Crippen molar-refractivity contribution in [2.24, 2.45) is 0 Å². The summed E-state index contributed by atoms with van der Waals surface area (Å²) in [6.45, 7) is 5.08. The van der Waals surface area contributed by atoms with E-state index < -0.39 is 11.5 Å². The Morgan fingerprint density at radius 2 is 2.12 bits per heavy atom. The number of nitrogens with one attached hydrogen (secondary N) is 2. The van der Waals surface area contributed by atoms with Crippen LogP contribution in [-0.4, -0.2) is 35.4 Å². The van der Waals surface area contributed by atoms with Gasteiger partial charge in [0.25, 0.3) is 5.91 Å². The van der Waals surface area contributed by atoms with Gasteiger partial charge in [0.1, 0.15) is 11.3 Å². The van der Waals surface area contributed by atoms with Gasteiger partial charge in [0, 0.05) is 5.38 Å². The molecule has 2 aromatic rings. The molecule has 2 amide bonds. The molecule has 0 aliphatic heterocycles. The molecule has 0 radical (unpaired) electrons. The number of nitrogens with zero attached hydrogens (tertiary/aromatic N) is 1. The molecule has 9 heteroatoms. The third-order valence-electron chi connectivity index (χ3n) is 3.98. The topological polar surface area (TPSA) is 111 Å². The van der Waals surface area contributed by atoms with E-state index in [0.717, 1.165) is 0 Å². The van der Waals surface area contributed by atoms with Gasteiger partial charge in [-0.3, -0.25) is 14.9 Å². The van der Waals surface area contributed by atoms with Crippen molar-refractivity contribution in [3.63, 3.8) is 0 Å². The molecule has 0 aliphatic rings. The predicted octanol–water partition coefficient (Wildman–Crippen LogP) is 2.30. The minimum atomic E-state index is -1.09. The van der Waals surface area contributed by atoms with E-state index in [0.29, 0.717) is 28.6 Å². The monoisotopic (exact) mass is 379 g/mol. The molecule has 2 heterocycles. The van der Waals surface area contributed by atoms with E-state index in [9.17, 15) is 14.4 Å². The number of ether oxygens (including phenoxy) is 1. The Morgan fingerprint density at radius 3 is 2.69 bits per heavy atom. The second kappa shape index (κ2) is 8.13. The van der Waals surface area contributed by atoms with Crippen molar-refractivity contribution in [3.8, 4) is 0 Å². The molecule has 26 heavy (non-hydrogen) atoms. The summed E-state index contributed by atoms with van der Waals surface area (Å²) in [6.07, 6.45) is 1.82. The summed E-state index contributed by atoms with van der Waals surface area (Å²) in [5.41, 5.74) is -0.163. The van der Waals surface area contributed by atoms with E-state index in [4.69, 9.17) is 9.15 Å². The van der Waals surface area contributed by atoms with Crippen molar-refractivity contribution in [2.75, 3.05) is 12.4 Å². The van der Waals surface area contributed by atoms with Crippen molar-refractivity contribution < 1.29 is 23.5 Å². The molecule has 0 spiro atoms. The fraction of sp³-hybridized carbons (Fsp3) is 0.412. The third-order valence-corrected chi connectivity index (χ3v) is 4.78. The van der Waals surface area contributed by atoms with E-state index in [1.807, 2.05) is 0 Å². The van der Waals surface area contributed by atoms with Crippen LogP contribution in [0, 0.1) is 6.92 Å². The van der Waals surface area contributed by atoms with E-state index >= 15 is 0 Å². The van der Waals surface area contributed by atoms with Crippen molar-refractivity contribution in [1.82, 2.24) is 10.3 Å². The van der Waals surface area contributed by atoms with E-state index in [-0.39, 0.29) is 18.2 Å². The number of methoxy groups -OCH3 is 1. The van der Waals surface area contributed by atoms with Crippen LogP contribution in [0.15, 0.2) is 22.1 Å². The molecular formula is C17H21N3O5S. The number of hydrogen-bond donors (Lipinski definition) is 2. The Labute approximate surface area is 154 Å². The number of esters is 1. The van der Waals surface area contributed by atoms with Crippen LogP contribution in [0.3, 0.4) is 0 Å². The molecule has 1 unspecified atom stereocenters.